The van der Waals surface area contributed by atoms with Crippen LogP contribution in [0.1, 0.15) is 41.5 Å². The van der Waals surface area contributed by atoms with Gasteiger partial charge in [-0.15, -0.1) is 0 Å². The first kappa shape index (κ1) is 46.3. The second-order valence-corrected chi connectivity index (χ2v) is 11.8. The van der Waals surface area contributed by atoms with Crippen molar-refractivity contribution in [3.05, 3.63) is 0 Å². The number of hydrogen-bond acceptors (Lipinski definition) is 7. The molecule has 0 rings (SSSR count). The smallest absolute Gasteiger partial charge is 0.329 e. The fourth-order valence-corrected chi connectivity index (χ4v) is 4.07. The van der Waals surface area contributed by atoms with Crippen LogP contribution in [-0.4, -0.2) is 113 Å². The maximum Gasteiger partial charge on any atom is 0.442 e. The molecule has 0 aromatic heterocycles. The van der Waals surface area contributed by atoms with Crippen LogP contribution in [0, 0.1) is 0 Å². The van der Waals surface area contributed by atoms with Crippen LogP contribution < -0.4 is 10.5 Å². The van der Waals surface area contributed by atoms with Crippen molar-refractivity contribution >= 4 is 20.2 Å². The molecule has 0 fully saturated rings. The number of hydrogen-bond donors (Lipinski definition) is 2. The highest BCUT2D eigenvalue weighted by Crippen LogP contribution is 2.49. The SMILES string of the molecule is CC(F)(F)C(F)(F)C(F)(F)S(=O)(=O)F.CCN(CC)CCN.CCN(CC)CCNS(=O)(=O)C(F)(F)C(F)(F)C(C)(F)F. The van der Waals surface area contributed by atoms with Gasteiger partial charge in [-0.2, -0.15) is 61.1 Å². The number of nitrogens with zero attached hydrogens (tertiary/aromatic N) is 2. The number of alkyl halides is 12. The molecule has 43 heavy (non-hydrogen) atoms. The molecule has 0 spiro atoms. The van der Waals surface area contributed by atoms with E-state index in [1.54, 1.807) is 18.7 Å². The molecule has 0 saturated heterocycles. The van der Waals surface area contributed by atoms with E-state index in [1.807, 2.05) is 0 Å². The number of rotatable bonds is 16. The van der Waals surface area contributed by atoms with Crippen LogP contribution >= 0.6 is 0 Å². The van der Waals surface area contributed by atoms with Gasteiger partial charge in [-0.3, -0.25) is 0 Å². The minimum Gasteiger partial charge on any atom is -0.329 e. The number of halogens is 13. The van der Waals surface area contributed by atoms with Gasteiger partial charge >= 0.3 is 44.4 Å². The van der Waals surface area contributed by atoms with Crippen LogP contribution in [0.25, 0.3) is 0 Å². The molecule has 0 atom stereocenters. The summed E-state index contributed by atoms with van der Waals surface area (Å²) in [5.41, 5.74) is 5.34. The van der Waals surface area contributed by atoms with E-state index in [0.717, 1.165) is 26.2 Å². The molecule has 23 heteroatoms. The Morgan fingerprint density at radius 1 is 0.605 bits per heavy atom. The largest absolute Gasteiger partial charge is 0.442 e. The minimum atomic E-state index is -7.11. The average Bonchev–Trinajstić information content (AvgIpc) is 2.83. The average molecular weight is 709 g/mol. The van der Waals surface area contributed by atoms with Crippen molar-refractivity contribution in [3.63, 3.8) is 0 Å². The summed E-state index contributed by atoms with van der Waals surface area (Å²) in [5.74, 6) is -22.9. The molecule has 0 bridgehead atoms. The summed E-state index contributed by atoms with van der Waals surface area (Å²) in [5, 5.41) is -12.4. The monoisotopic (exact) mass is 708 g/mol. The number of nitrogens with one attached hydrogen (secondary N) is 1. The van der Waals surface area contributed by atoms with Gasteiger partial charge in [-0.05, 0) is 26.2 Å². The highest BCUT2D eigenvalue weighted by molar-refractivity contribution is 7.90. The molecule has 0 amide bonds. The zero-order valence-corrected chi connectivity index (χ0v) is 25.6. The number of sulfonamides is 1. The molecule has 0 aromatic rings. The highest BCUT2D eigenvalue weighted by Gasteiger charge is 2.77. The summed E-state index contributed by atoms with van der Waals surface area (Å²) in [6.07, 6.45) is 0. The molecule has 0 aromatic carbocycles. The van der Waals surface area contributed by atoms with Crippen molar-refractivity contribution in [2.45, 2.75) is 75.7 Å². The van der Waals surface area contributed by atoms with Gasteiger partial charge in [0.1, 0.15) is 0 Å². The van der Waals surface area contributed by atoms with E-state index in [4.69, 9.17) is 5.73 Å². The first-order valence-electron chi connectivity index (χ1n) is 12.2. The summed E-state index contributed by atoms with van der Waals surface area (Å²) < 4.78 is 204. The van der Waals surface area contributed by atoms with E-state index in [2.05, 4.69) is 18.7 Å². The van der Waals surface area contributed by atoms with E-state index >= 15 is 0 Å². The fourth-order valence-electron chi connectivity index (χ4n) is 2.52. The molecule has 0 aliphatic heterocycles. The molecule has 0 saturated carbocycles. The molecule has 8 nitrogen and oxygen atoms in total. The Labute approximate surface area is 242 Å². The Morgan fingerprint density at radius 2 is 0.907 bits per heavy atom. The van der Waals surface area contributed by atoms with Crippen molar-refractivity contribution in [2.75, 3.05) is 52.4 Å². The van der Waals surface area contributed by atoms with Gasteiger partial charge in [0.15, 0.2) is 0 Å². The number of likely N-dealkylation sites (N-methyl/N-ethyl adjacent to an activating group) is 2. The maximum absolute atomic E-state index is 13.3. The molecule has 264 valence electrons. The molecule has 0 unspecified atom stereocenters. The summed E-state index contributed by atoms with van der Waals surface area (Å²) in [6.45, 7) is 11.0. The lowest BCUT2D eigenvalue weighted by atomic mass is 10.2. The quantitative estimate of drug-likeness (QED) is 0.178. The van der Waals surface area contributed by atoms with Crippen molar-refractivity contribution in [1.82, 2.24) is 14.5 Å². The first-order valence-corrected chi connectivity index (χ1v) is 15.1. The van der Waals surface area contributed by atoms with E-state index in [1.165, 1.54) is 4.72 Å². The van der Waals surface area contributed by atoms with E-state index < -0.39 is 74.8 Å². The van der Waals surface area contributed by atoms with E-state index in [-0.39, 0.29) is 6.54 Å². The van der Waals surface area contributed by atoms with E-state index in [0.29, 0.717) is 13.1 Å². The third-order valence-corrected chi connectivity index (χ3v) is 7.82. The molecule has 0 aliphatic rings. The lowest BCUT2D eigenvalue weighted by Crippen LogP contribution is -2.59. The standard InChI is InChI=1S/C10H18F6N2O2S.C6H16N2.C4H3F7O2S/c1-4-18(5-2)7-6-17-21(19,20)10(15,16)9(13,14)8(3,11)12;1-3-8(4-2)6-5-7;1-2(5,6)3(7,8)4(9,10)14(11,12)13/h17H,4-7H2,1-3H3;3-7H2,1-2H3;1H3. The predicted molar refractivity (Wildman–Crippen MR) is 133 cm³/mol. The van der Waals surface area contributed by atoms with Gasteiger partial charge in [-0.1, -0.05) is 31.6 Å². The normalized spacial score (nSPS) is 14.3. The van der Waals surface area contributed by atoms with Gasteiger partial charge in [-0.25, -0.2) is 13.1 Å². The fraction of sp³-hybridized carbons (Fsp3) is 1.00. The van der Waals surface area contributed by atoms with Gasteiger partial charge in [0.25, 0.3) is 10.0 Å². The van der Waals surface area contributed by atoms with Gasteiger partial charge in [0.2, 0.25) is 0 Å². The third kappa shape index (κ3) is 12.3. The Balaban J connectivity index is -0.000000623. The zero-order chi connectivity index (χ0) is 35.5. The minimum absolute atomic E-state index is 0.0175. The van der Waals surface area contributed by atoms with Gasteiger partial charge < -0.3 is 15.5 Å². The Kier molecular flexibility index (Phi) is 18.2. The lowest BCUT2D eigenvalue weighted by Gasteiger charge is -2.30. The van der Waals surface area contributed by atoms with Crippen LogP contribution in [0.5, 0.6) is 0 Å². The predicted octanol–water partition coefficient (Wildman–Crippen LogP) is 4.59. The second kappa shape index (κ2) is 16.9. The maximum atomic E-state index is 13.3. The first-order chi connectivity index (χ1) is 18.8. The van der Waals surface area contributed by atoms with Gasteiger partial charge in [0, 0.05) is 40.0 Å². The van der Waals surface area contributed by atoms with Crippen LogP contribution in [0.2, 0.25) is 0 Å². The second-order valence-electron chi connectivity index (χ2n) is 8.64. The molecule has 0 radical (unpaired) electrons. The summed E-state index contributed by atoms with van der Waals surface area (Å²) >= 11 is 0. The van der Waals surface area contributed by atoms with Crippen molar-refractivity contribution in [2.24, 2.45) is 5.73 Å². The summed E-state index contributed by atoms with van der Waals surface area (Å²) in [6, 6.07) is 0. The van der Waals surface area contributed by atoms with Crippen LogP contribution in [0.3, 0.4) is 0 Å². The Bertz CT molecular complexity index is 1010. The lowest BCUT2D eigenvalue weighted by molar-refractivity contribution is -0.272. The summed E-state index contributed by atoms with van der Waals surface area (Å²) in [4.78, 5) is 3.94. The molecular weight excluding hydrogens is 671 g/mol. The number of nitrogens with two attached hydrogens (primary N) is 1. The molecule has 0 aliphatic carbocycles. The van der Waals surface area contributed by atoms with Crippen LogP contribution in [0.15, 0.2) is 0 Å². The van der Waals surface area contributed by atoms with Crippen molar-refractivity contribution in [1.29, 1.82) is 0 Å². The molecule has 3 N–H and O–H groups in total. The molecular formula is C20H37F13N4O4S2. The topological polar surface area (TPSA) is 113 Å². The Hall–Kier alpha value is -1.17. The van der Waals surface area contributed by atoms with Gasteiger partial charge in [0.05, 0.1) is 0 Å². The Morgan fingerprint density at radius 3 is 1.12 bits per heavy atom. The highest BCUT2D eigenvalue weighted by atomic mass is 32.3. The van der Waals surface area contributed by atoms with E-state index in [9.17, 15) is 73.4 Å². The van der Waals surface area contributed by atoms with Crippen LogP contribution in [0.4, 0.5) is 56.6 Å². The van der Waals surface area contributed by atoms with Crippen molar-refractivity contribution in [3.8, 4) is 0 Å². The zero-order valence-electron chi connectivity index (χ0n) is 24.0. The third-order valence-electron chi connectivity index (χ3n) is 5.43. The molecule has 0 heterocycles. The van der Waals surface area contributed by atoms with Crippen molar-refractivity contribution < 1.29 is 73.4 Å². The summed E-state index contributed by atoms with van der Waals surface area (Å²) in [7, 11) is -13.1. The van der Waals surface area contributed by atoms with Crippen LogP contribution in [-0.2, 0) is 20.2 Å².